The Hall–Kier alpha value is -2.99. The predicted octanol–water partition coefficient (Wildman–Crippen LogP) is 6.28. The molecule has 0 unspecified atom stereocenters. The Bertz CT molecular complexity index is 1280. The lowest BCUT2D eigenvalue weighted by atomic mass is 9.98. The Kier molecular flexibility index (Phi) is 5.79. The van der Waals surface area contributed by atoms with Crippen molar-refractivity contribution in [2.75, 3.05) is 13.8 Å². The van der Waals surface area contributed by atoms with E-state index in [1.54, 1.807) is 31.4 Å². The van der Waals surface area contributed by atoms with E-state index in [2.05, 4.69) is 4.90 Å². The van der Waals surface area contributed by atoms with Gasteiger partial charge in [-0.05, 0) is 42.8 Å². The summed E-state index contributed by atoms with van der Waals surface area (Å²) in [5.74, 6) is 2.09. The summed E-state index contributed by atoms with van der Waals surface area (Å²) < 4.78 is 17.6. The molecule has 168 valence electrons. The van der Waals surface area contributed by atoms with Crippen LogP contribution in [0, 0.1) is 6.92 Å². The number of fused-ring (bicyclic) bond motifs is 3. The second kappa shape index (κ2) is 8.75. The summed E-state index contributed by atoms with van der Waals surface area (Å²) in [6.07, 6.45) is 1.61. The van der Waals surface area contributed by atoms with Gasteiger partial charge < -0.3 is 14.2 Å². The maximum atomic E-state index is 13.2. The molecule has 0 spiro atoms. The number of para-hydroxylation sites is 1. The Labute approximate surface area is 202 Å². The number of carbonyl (C=O) groups is 1. The van der Waals surface area contributed by atoms with E-state index in [0.717, 1.165) is 28.2 Å². The molecule has 3 aromatic carbocycles. The Morgan fingerprint density at radius 2 is 1.88 bits per heavy atom. The first-order chi connectivity index (χ1) is 16.0. The van der Waals surface area contributed by atoms with Crippen molar-refractivity contribution in [3.8, 4) is 17.2 Å². The number of ether oxygens (including phenoxy) is 3. The molecule has 2 heterocycles. The molecule has 0 amide bonds. The summed E-state index contributed by atoms with van der Waals surface area (Å²) in [5, 5.41) is 0.903. The van der Waals surface area contributed by atoms with Gasteiger partial charge in [0.05, 0.1) is 18.2 Å². The summed E-state index contributed by atoms with van der Waals surface area (Å²) in [6.45, 7) is 3.52. The molecule has 2 aliphatic rings. The topological polar surface area (TPSA) is 48.0 Å². The van der Waals surface area contributed by atoms with E-state index in [-0.39, 0.29) is 11.5 Å². The molecule has 2 aliphatic heterocycles. The van der Waals surface area contributed by atoms with E-state index in [9.17, 15) is 4.79 Å². The highest BCUT2D eigenvalue weighted by Crippen LogP contribution is 2.44. The average molecular weight is 482 g/mol. The number of nitrogens with zero attached hydrogens (tertiary/aromatic N) is 1. The molecule has 5 rings (SSSR count). The fourth-order valence-electron chi connectivity index (χ4n) is 4.23. The van der Waals surface area contributed by atoms with E-state index in [4.69, 9.17) is 37.4 Å². The summed E-state index contributed by atoms with van der Waals surface area (Å²) >= 11 is 12.6. The highest BCUT2D eigenvalue weighted by Gasteiger charge is 2.35. The summed E-state index contributed by atoms with van der Waals surface area (Å²) in [4.78, 5) is 15.4. The molecule has 0 saturated heterocycles. The SMILES string of the molecule is COc1ccccc1CN1COc2cc(C)c3c(c2C1)O/C(=C\c1c(Cl)cccc1Cl)C3=O. The van der Waals surface area contributed by atoms with Crippen molar-refractivity contribution in [1.29, 1.82) is 0 Å². The molecule has 0 atom stereocenters. The van der Waals surface area contributed by atoms with E-state index >= 15 is 0 Å². The van der Waals surface area contributed by atoms with Crippen LogP contribution in [0.2, 0.25) is 10.0 Å². The van der Waals surface area contributed by atoms with Crippen molar-refractivity contribution in [3.05, 3.63) is 92.2 Å². The minimum atomic E-state index is -0.192. The van der Waals surface area contributed by atoms with Crippen molar-refractivity contribution in [2.24, 2.45) is 0 Å². The fourth-order valence-corrected chi connectivity index (χ4v) is 4.74. The standard InChI is InChI=1S/C26H21Cl2NO4/c1-15-10-22-18(13-29(14-32-22)12-16-6-3-4-9-21(16)31-2)26-24(15)25(30)23(33-26)11-17-19(27)7-5-8-20(17)28/h3-11H,12-14H2,1-2H3/b23-11-. The van der Waals surface area contributed by atoms with Gasteiger partial charge in [-0.2, -0.15) is 0 Å². The van der Waals surface area contributed by atoms with Gasteiger partial charge in [0.15, 0.2) is 5.76 Å². The molecule has 3 aromatic rings. The van der Waals surface area contributed by atoms with Crippen molar-refractivity contribution < 1.29 is 19.0 Å². The van der Waals surface area contributed by atoms with Crippen molar-refractivity contribution in [3.63, 3.8) is 0 Å². The molecule has 0 aliphatic carbocycles. The molecule has 0 fully saturated rings. The number of halogens is 2. The number of carbonyl (C=O) groups excluding carboxylic acids is 1. The largest absolute Gasteiger partial charge is 0.496 e. The number of benzene rings is 3. The first-order valence-electron chi connectivity index (χ1n) is 10.5. The van der Waals surface area contributed by atoms with Gasteiger partial charge in [0, 0.05) is 34.3 Å². The van der Waals surface area contributed by atoms with Gasteiger partial charge in [0.1, 0.15) is 24.0 Å². The van der Waals surface area contributed by atoms with Crippen molar-refractivity contribution >= 4 is 35.1 Å². The molecule has 0 saturated carbocycles. The number of hydrogen-bond donors (Lipinski definition) is 0. The zero-order valence-corrected chi connectivity index (χ0v) is 19.7. The van der Waals surface area contributed by atoms with E-state index < -0.39 is 0 Å². The van der Waals surface area contributed by atoms with Crippen LogP contribution in [0.4, 0.5) is 0 Å². The van der Waals surface area contributed by atoms with Crippen LogP contribution >= 0.6 is 23.2 Å². The van der Waals surface area contributed by atoms with Gasteiger partial charge in [-0.1, -0.05) is 47.5 Å². The second-order valence-corrected chi connectivity index (χ2v) is 8.84. The molecule has 0 bridgehead atoms. The molecular weight excluding hydrogens is 461 g/mol. The number of Topliss-reactive ketones (excluding diaryl/α,β-unsaturated/α-hetero) is 1. The summed E-state index contributed by atoms with van der Waals surface area (Å²) in [6, 6.07) is 15.0. The third kappa shape index (κ3) is 3.97. The first-order valence-corrected chi connectivity index (χ1v) is 11.2. The monoisotopic (exact) mass is 481 g/mol. The molecule has 5 nitrogen and oxygen atoms in total. The third-order valence-electron chi connectivity index (χ3n) is 5.85. The highest BCUT2D eigenvalue weighted by atomic mass is 35.5. The van der Waals surface area contributed by atoms with Crippen LogP contribution in [-0.4, -0.2) is 24.5 Å². The first kappa shape index (κ1) is 21.8. The molecule has 33 heavy (non-hydrogen) atoms. The molecular formula is C26H21Cl2NO4. The number of allylic oxidation sites excluding steroid dienone is 1. The predicted molar refractivity (Wildman–Crippen MR) is 128 cm³/mol. The van der Waals surface area contributed by atoms with Crippen LogP contribution in [-0.2, 0) is 13.1 Å². The van der Waals surface area contributed by atoms with Crippen molar-refractivity contribution in [2.45, 2.75) is 20.0 Å². The van der Waals surface area contributed by atoms with Gasteiger partial charge in [-0.25, -0.2) is 0 Å². The second-order valence-electron chi connectivity index (χ2n) is 8.02. The number of hydrogen-bond acceptors (Lipinski definition) is 5. The quantitative estimate of drug-likeness (QED) is 0.410. The lowest BCUT2D eigenvalue weighted by Gasteiger charge is -2.30. The van der Waals surface area contributed by atoms with E-state index in [1.165, 1.54) is 0 Å². The number of methoxy groups -OCH3 is 1. The molecule has 0 radical (unpaired) electrons. The van der Waals surface area contributed by atoms with Crippen LogP contribution in [0.3, 0.4) is 0 Å². The maximum Gasteiger partial charge on any atom is 0.232 e. The van der Waals surface area contributed by atoms with Gasteiger partial charge >= 0.3 is 0 Å². The molecule has 0 N–H and O–H groups in total. The zero-order chi connectivity index (χ0) is 23.1. The number of aryl methyl sites for hydroxylation is 1. The van der Waals surface area contributed by atoms with Gasteiger partial charge in [-0.3, -0.25) is 9.69 Å². The lowest BCUT2D eigenvalue weighted by molar-refractivity contribution is 0.0864. The van der Waals surface area contributed by atoms with Gasteiger partial charge in [0.25, 0.3) is 0 Å². The molecule has 0 aromatic heterocycles. The summed E-state index contributed by atoms with van der Waals surface area (Å²) in [7, 11) is 1.66. The lowest BCUT2D eigenvalue weighted by Crippen LogP contribution is -2.32. The Morgan fingerprint density at radius 3 is 2.64 bits per heavy atom. The van der Waals surface area contributed by atoms with Crippen LogP contribution in [0.5, 0.6) is 17.2 Å². The van der Waals surface area contributed by atoms with Crippen molar-refractivity contribution in [1.82, 2.24) is 4.90 Å². The van der Waals surface area contributed by atoms with Crippen LogP contribution in [0.15, 0.2) is 54.3 Å². The normalized spacial score (nSPS) is 16.2. The number of rotatable bonds is 4. The average Bonchev–Trinajstić information content (AvgIpc) is 3.14. The van der Waals surface area contributed by atoms with Gasteiger partial charge in [0.2, 0.25) is 5.78 Å². The highest BCUT2D eigenvalue weighted by molar-refractivity contribution is 6.37. The fraction of sp³-hybridized carbons (Fsp3) is 0.192. The van der Waals surface area contributed by atoms with Crippen LogP contribution < -0.4 is 14.2 Å². The smallest absolute Gasteiger partial charge is 0.232 e. The molecule has 7 heteroatoms. The number of ketones is 1. The van der Waals surface area contributed by atoms with E-state index in [0.29, 0.717) is 46.7 Å². The van der Waals surface area contributed by atoms with Gasteiger partial charge in [-0.15, -0.1) is 0 Å². The maximum absolute atomic E-state index is 13.2. The van der Waals surface area contributed by atoms with Crippen LogP contribution in [0.25, 0.3) is 6.08 Å². The zero-order valence-electron chi connectivity index (χ0n) is 18.2. The Balaban J connectivity index is 1.49. The third-order valence-corrected chi connectivity index (χ3v) is 6.51. The Morgan fingerprint density at radius 1 is 1.12 bits per heavy atom. The minimum absolute atomic E-state index is 0.192. The van der Waals surface area contributed by atoms with Crippen LogP contribution in [0.1, 0.15) is 32.6 Å². The van der Waals surface area contributed by atoms with E-state index in [1.807, 2.05) is 37.3 Å². The minimum Gasteiger partial charge on any atom is -0.496 e. The summed E-state index contributed by atoms with van der Waals surface area (Å²) in [5.41, 5.74) is 3.81.